The first kappa shape index (κ1) is 10.8. The topological polar surface area (TPSA) is 57.5 Å². The molecule has 0 heterocycles. The van der Waals surface area contributed by atoms with Crippen LogP contribution in [-0.4, -0.2) is 24.3 Å². The van der Waals surface area contributed by atoms with E-state index in [1.165, 1.54) is 6.07 Å². The molecule has 0 atom stereocenters. The number of aromatic carboxylic acids is 1. The van der Waals surface area contributed by atoms with E-state index in [2.05, 4.69) is 19.6 Å². The fourth-order valence-corrected chi connectivity index (χ4v) is 2.33. The summed E-state index contributed by atoms with van der Waals surface area (Å²) >= 11 is 0. The van der Waals surface area contributed by atoms with Gasteiger partial charge in [-0.15, -0.1) is 0 Å². The van der Waals surface area contributed by atoms with Gasteiger partial charge in [-0.3, -0.25) is 0 Å². The molecule has 0 aliphatic carbocycles. The van der Waals surface area contributed by atoms with E-state index in [9.17, 15) is 9.90 Å². The van der Waals surface area contributed by atoms with Gasteiger partial charge in [0.05, 0.1) is 8.07 Å². The molecule has 14 heavy (non-hydrogen) atoms. The summed E-state index contributed by atoms with van der Waals surface area (Å²) in [7, 11) is -1.48. The first-order valence-corrected chi connectivity index (χ1v) is 7.89. The van der Waals surface area contributed by atoms with Crippen molar-refractivity contribution in [3.8, 4) is 5.75 Å². The third-order valence-corrected chi connectivity index (χ3v) is 4.14. The first-order valence-electron chi connectivity index (χ1n) is 4.39. The van der Waals surface area contributed by atoms with E-state index < -0.39 is 14.0 Å². The quantitative estimate of drug-likeness (QED) is 0.729. The molecule has 0 fully saturated rings. The SMILES string of the molecule is C[Si](C)(C)c1ccc(C(=O)O)c(O)c1. The minimum Gasteiger partial charge on any atom is -0.507 e. The van der Waals surface area contributed by atoms with Crippen LogP contribution in [-0.2, 0) is 0 Å². The van der Waals surface area contributed by atoms with Gasteiger partial charge in [0, 0.05) is 0 Å². The molecule has 0 aliphatic rings. The number of aromatic hydroxyl groups is 1. The maximum atomic E-state index is 10.6. The van der Waals surface area contributed by atoms with Gasteiger partial charge in [0.25, 0.3) is 0 Å². The number of carboxylic acids is 1. The Morgan fingerprint density at radius 3 is 2.21 bits per heavy atom. The molecule has 0 aromatic heterocycles. The fourth-order valence-electron chi connectivity index (χ4n) is 1.18. The minimum absolute atomic E-state index is 0.0352. The normalized spacial score (nSPS) is 11.4. The van der Waals surface area contributed by atoms with Crippen molar-refractivity contribution in [2.75, 3.05) is 0 Å². The van der Waals surface area contributed by atoms with Gasteiger partial charge in [-0.2, -0.15) is 0 Å². The molecule has 4 heteroatoms. The van der Waals surface area contributed by atoms with E-state index in [0.29, 0.717) is 0 Å². The van der Waals surface area contributed by atoms with E-state index >= 15 is 0 Å². The second-order valence-corrected chi connectivity index (χ2v) is 9.36. The van der Waals surface area contributed by atoms with Crippen molar-refractivity contribution in [3.05, 3.63) is 23.8 Å². The number of carboxylic acid groups (broad SMARTS) is 1. The summed E-state index contributed by atoms with van der Waals surface area (Å²) in [6, 6.07) is 4.82. The molecule has 0 radical (unpaired) electrons. The lowest BCUT2D eigenvalue weighted by molar-refractivity contribution is 0.0694. The van der Waals surface area contributed by atoms with Gasteiger partial charge in [-0.25, -0.2) is 4.79 Å². The second-order valence-electron chi connectivity index (χ2n) is 4.29. The number of phenols is 1. The summed E-state index contributed by atoms with van der Waals surface area (Å²) in [4.78, 5) is 10.6. The average Bonchev–Trinajstić information content (AvgIpc) is 2.01. The summed E-state index contributed by atoms with van der Waals surface area (Å²) < 4.78 is 0. The highest BCUT2D eigenvalue weighted by Gasteiger charge is 2.19. The predicted octanol–water partition coefficient (Wildman–Crippen LogP) is 1.64. The van der Waals surface area contributed by atoms with E-state index in [1.54, 1.807) is 12.1 Å². The average molecular weight is 210 g/mol. The van der Waals surface area contributed by atoms with Gasteiger partial charge in [0.2, 0.25) is 0 Å². The van der Waals surface area contributed by atoms with Crippen molar-refractivity contribution in [2.45, 2.75) is 19.6 Å². The highest BCUT2D eigenvalue weighted by atomic mass is 28.3. The smallest absolute Gasteiger partial charge is 0.339 e. The maximum Gasteiger partial charge on any atom is 0.339 e. The molecule has 0 aliphatic heterocycles. The monoisotopic (exact) mass is 210 g/mol. The van der Waals surface area contributed by atoms with Crippen LogP contribution in [0.4, 0.5) is 0 Å². The Morgan fingerprint density at radius 2 is 1.86 bits per heavy atom. The van der Waals surface area contributed by atoms with Gasteiger partial charge in [0.1, 0.15) is 11.3 Å². The van der Waals surface area contributed by atoms with Crippen LogP contribution in [0.15, 0.2) is 18.2 Å². The van der Waals surface area contributed by atoms with Crippen molar-refractivity contribution in [1.29, 1.82) is 0 Å². The van der Waals surface area contributed by atoms with E-state index in [1.807, 2.05) is 0 Å². The minimum atomic E-state index is -1.48. The summed E-state index contributed by atoms with van der Waals surface area (Å²) in [5.74, 6) is -1.23. The third-order valence-electron chi connectivity index (χ3n) is 2.09. The molecule has 0 saturated carbocycles. The van der Waals surface area contributed by atoms with Crippen molar-refractivity contribution in [1.82, 2.24) is 0 Å². The lowest BCUT2D eigenvalue weighted by Crippen LogP contribution is -2.37. The van der Waals surface area contributed by atoms with E-state index in [-0.39, 0.29) is 11.3 Å². The Kier molecular flexibility index (Phi) is 2.66. The molecule has 1 aromatic rings. The number of hydrogen-bond donors (Lipinski definition) is 2. The molecule has 0 saturated heterocycles. The number of rotatable bonds is 2. The number of carbonyl (C=O) groups is 1. The zero-order valence-corrected chi connectivity index (χ0v) is 9.53. The summed E-state index contributed by atoms with van der Waals surface area (Å²) in [5.41, 5.74) is -0.0352. The highest BCUT2D eigenvalue weighted by Crippen LogP contribution is 2.16. The Morgan fingerprint density at radius 1 is 1.29 bits per heavy atom. The molecule has 0 bridgehead atoms. The fraction of sp³-hybridized carbons (Fsp3) is 0.300. The van der Waals surface area contributed by atoms with Crippen LogP contribution in [0.1, 0.15) is 10.4 Å². The van der Waals surface area contributed by atoms with E-state index in [4.69, 9.17) is 5.11 Å². The second kappa shape index (κ2) is 3.46. The van der Waals surface area contributed by atoms with Crippen LogP contribution in [0.2, 0.25) is 19.6 Å². The molecule has 2 N–H and O–H groups in total. The van der Waals surface area contributed by atoms with Crippen LogP contribution in [0, 0.1) is 0 Å². The molecule has 3 nitrogen and oxygen atoms in total. The maximum absolute atomic E-state index is 10.6. The van der Waals surface area contributed by atoms with Crippen LogP contribution in [0.25, 0.3) is 0 Å². The summed E-state index contributed by atoms with van der Waals surface area (Å²) in [6.07, 6.45) is 0. The molecule has 0 amide bonds. The first-order chi connectivity index (χ1) is 6.32. The molecule has 0 unspecified atom stereocenters. The van der Waals surface area contributed by atoms with Crippen LogP contribution < -0.4 is 5.19 Å². The summed E-state index contributed by atoms with van der Waals surface area (Å²) in [6.45, 7) is 6.42. The van der Waals surface area contributed by atoms with Crippen molar-refractivity contribution in [3.63, 3.8) is 0 Å². The zero-order chi connectivity index (χ0) is 10.9. The standard InChI is InChI=1S/C10H14O3Si/c1-14(2,3)7-4-5-8(10(12)13)9(11)6-7/h4-6,11H,1-3H3,(H,12,13). The van der Waals surface area contributed by atoms with Crippen LogP contribution in [0.3, 0.4) is 0 Å². The van der Waals surface area contributed by atoms with Crippen molar-refractivity contribution < 1.29 is 15.0 Å². The predicted molar refractivity (Wildman–Crippen MR) is 58.0 cm³/mol. The van der Waals surface area contributed by atoms with Crippen molar-refractivity contribution >= 4 is 19.2 Å². The van der Waals surface area contributed by atoms with Gasteiger partial charge in [0.15, 0.2) is 0 Å². The van der Waals surface area contributed by atoms with Gasteiger partial charge < -0.3 is 10.2 Å². The molecular formula is C10H14O3Si. The Labute approximate surface area is 84.0 Å². The molecule has 1 aromatic carbocycles. The molecule has 76 valence electrons. The lowest BCUT2D eigenvalue weighted by Gasteiger charge is -2.16. The lowest BCUT2D eigenvalue weighted by atomic mass is 10.2. The Balaban J connectivity index is 3.20. The molecular weight excluding hydrogens is 196 g/mol. The van der Waals surface area contributed by atoms with Crippen LogP contribution >= 0.6 is 0 Å². The summed E-state index contributed by atoms with van der Waals surface area (Å²) in [5, 5.41) is 19.2. The Bertz CT molecular complexity index is 366. The Hall–Kier alpha value is -1.29. The van der Waals surface area contributed by atoms with Crippen LogP contribution in [0.5, 0.6) is 5.75 Å². The number of benzene rings is 1. The van der Waals surface area contributed by atoms with Gasteiger partial charge >= 0.3 is 5.97 Å². The van der Waals surface area contributed by atoms with Gasteiger partial charge in [-0.05, 0) is 12.1 Å². The zero-order valence-electron chi connectivity index (χ0n) is 8.53. The van der Waals surface area contributed by atoms with E-state index in [0.717, 1.165) is 5.19 Å². The third kappa shape index (κ3) is 2.14. The van der Waals surface area contributed by atoms with Gasteiger partial charge in [-0.1, -0.05) is 30.9 Å². The number of hydrogen-bond acceptors (Lipinski definition) is 2. The highest BCUT2D eigenvalue weighted by molar-refractivity contribution is 6.88. The molecule has 0 spiro atoms. The van der Waals surface area contributed by atoms with Crippen molar-refractivity contribution in [2.24, 2.45) is 0 Å². The largest absolute Gasteiger partial charge is 0.507 e. The molecule has 1 rings (SSSR count).